The van der Waals surface area contributed by atoms with E-state index in [1.54, 1.807) is 30.3 Å². The van der Waals surface area contributed by atoms with Gasteiger partial charge in [-0.25, -0.2) is 4.39 Å². The van der Waals surface area contributed by atoms with Crippen LogP contribution >= 0.6 is 0 Å². The van der Waals surface area contributed by atoms with Crippen LogP contribution in [-0.4, -0.2) is 23.0 Å². The molecular weight excluding hydrogens is 171 g/mol. The smallest absolute Gasteiger partial charge is 0.143 e. The number of halogens is 1. The van der Waals surface area contributed by atoms with Crippen LogP contribution in [0.15, 0.2) is 30.3 Å². The Morgan fingerprint density at radius 2 is 1.92 bits per heavy atom. The second-order valence-electron chi connectivity index (χ2n) is 3.10. The van der Waals surface area contributed by atoms with Crippen LogP contribution in [0, 0.1) is 0 Å². The second kappa shape index (κ2) is 3.85. The predicted octanol–water partition coefficient (Wildman–Crippen LogP) is 1.22. The predicted molar refractivity (Wildman–Crippen MR) is 48.0 cm³/mol. The van der Waals surface area contributed by atoms with Gasteiger partial charge < -0.3 is 10.2 Å². The molecule has 3 heteroatoms. The SMILES string of the molecule is CC(O)C(O)(CF)c1ccccc1. The molecule has 0 spiro atoms. The zero-order valence-corrected chi connectivity index (χ0v) is 7.44. The van der Waals surface area contributed by atoms with E-state index in [0.29, 0.717) is 5.56 Å². The summed E-state index contributed by atoms with van der Waals surface area (Å²) in [6.45, 7) is 0.376. The summed E-state index contributed by atoms with van der Waals surface area (Å²) in [5.41, 5.74) is -1.38. The van der Waals surface area contributed by atoms with Crippen molar-refractivity contribution in [2.75, 3.05) is 6.67 Å². The van der Waals surface area contributed by atoms with E-state index in [4.69, 9.17) is 0 Å². The van der Waals surface area contributed by atoms with Gasteiger partial charge in [0.05, 0.1) is 6.10 Å². The summed E-state index contributed by atoms with van der Waals surface area (Å²) in [7, 11) is 0. The number of hydrogen-bond acceptors (Lipinski definition) is 2. The average Bonchev–Trinajstić information content (AvgIpc) is 2.17. The zero-order chi connectivity index (χ0) is 9.90. The number of aliphatic hydroxyl groups excluding tert-OH is 1. The Morgan fingerprint density at radius 3 is 2.31 bits per heavy atom. The van der Waals surface area contributed by atoms with Crippen LogP contribution in [0.1, 0.15) is 12.5 Å². The van der Waals surface area contributed by atoms with Gasteiger partial charge in [0.2, 0.25) is 0 Å². The first-order valence-corrected chi connectivity index (χ1v) is 4.13. The van der Waals surface area contributed by atoms with Crippen LogP contribution in [0.5, 0.6) is 0 Å². The molecule has 0 radical (unpaired) electrons. The van der Waals surface area contributed by atoms with Gasteiger partial charge in [-0.05, 0) is 12.5 Å². The summed E-state index contributed by atoms with van der Waals surface area (Å²) in [6, 6.07) is 8.33. The maximum absolute atomic E-state index is 12.6. The van der Waals surface area contributed by atoms with Gasteiger partial charge in [0.25, 0.3) is 0 Å². The molecule has 2 nitrogen and oxygen atoms in total. The Hall–Kier alpha value is -0.930. The zero-order valence-electron chi connectivity index (χ0n) is 7.44. The van der Waals surface area contributed by atoms with Crippen molar-refractivity contribution in [3.05, 3.63) is 35.9 Å². The fourth-order valence-corrected chi connectivity index (χ4v) is 1.16. The molecule has 0 saturated carbocycles. The molecule has 1 aromatic rings. The molecule has 2 unspecified atom stereocenters. The largest absolute Gasteiger partial charge is 0.390 e. The molecule has 0 aliphatic rings. The number of alkyl halides is 1. The van der Waals surface area contributed by atoms with Crippen molar-refractivity contribution < 1.29 is 14.6 Å². The topological polar surface area (TPSA) is 40.5 Å². The monoisotopic (exact) mass is 184 g/mol. The minimum absolute atomic E-state index is 0.396. The van der Waals surface area contributed by atoms with Crippen molar-refractivity contribution in [3.63, 3.8) is 0 Å². The molecular formula is C10H13FO2. The summed E-state index contributed by atoms with van der Waals surface area (Å²) in [4.78, 5) is 0. The minimum atomic E-state index is -1.78. The van der Waals surface area contributed by atoms with Gasteiger partial charge in [0.1, 0.15) is 12.3 Å². The first kappa shape index (κ1) is 10.2. The normalized spacial score (nSPS) is 17.8. The van der Waals surface area contributed by atoms with Gasteiger partial charge in [-0.15, -0.1) is 0 Å². The standard InChI is InChI=1S/C10H13FO2/c1-8(12)10(13,7-11)9-5-3-2-4-6-9/h2-6,8,12-13H,7H2,1H3. The van der Waals surface area contributed by atoms with Crippen LogP contribution in [0.3, 0.4) is 0 Å². The molecule has 0 aliphatic heterocycles. The van der Waals surface area contributed by atoms with Gasteiger partial charge in [-0.1, -0.05) is 30.3 Å². The highest BCUT2D eigenvalue weighted by molar-refractivity contribution is 5.23. The summed E-state index contributed by atoms with van der Waals surface area (Å²) in [5, 5.41) is 19.0. The molecule has 13 heavy (non-hydrogen) atoms. The van der Waals surface area contributed by atoms with E-state index >= 15 is 0 Å². The van der Waals surface area contributed by atoms with Crippen LogP contribution < -0.4 is 0 Å². The molecule has 2 atom stereocenters. The van der Waals surface area contributed by atoms with E-state index in [1.807, 2.05) is 0 Å². The molecule has 0 heterocycles. The Kier molecular flexibility index (Phi) is 3.01. The molecule has 0 aromatic heterocycles. The highest BCUT2D eigenvalue weighted by Gasteiger charge is 2.34. The van der Waals surface area contributed by atoms with Gasteiger partial charge in [-0.2, -0.15) is 0 Å². The van der Waals surface area contributed by atoms with Gasteiger partial charge in [0, 0.05) is 0 Å². The number of aliphatic hydroxyl groups is 2. The third-order valence-corrected chi connectivity index (χ3v) is 2.17. The Bertz CT molecular complexity index is 261. The van der Waals surface area contributed by atoms with Crippen LogP contribution in [0.4, 0.5) is 4.39 Å². The lowest BCUT2D eigenvalue weighted by Gasteiger charge is -2.28. The molecule has 0 fully saturated rings. The molecule has 0 aliphatic carbocycles. The Balaban J connectivity index is 3.03. The lowest BCUT2D eigenvalue weighted by Crippen LogP contribution is -2.39. The third kappa shape index (κ3) is 1.87. The van der Waals surface area contributed by atoms with Gasteiger partial charge >= 0.3 is 0 Å². The number of hydrogen-bond donors (Lipinski definition) is 2. The molecule has 0 bridgehead atoms. The molecule has 1 aromatic carbocycles. The molecule has 0 saturated heterocycles. The maximum Gasteiger partial charge on any atom is 0.143 e. The van der Waals surface area contributed by atoms with Crippen LogP contribution in [-0.2, 0) is 5.60 Å². The molecule has 1 rings (SSSR count). The quantitative estimate of drug-likeness (QED) is 0.741. The third-order valence-electron chi connectivity index (χ3n) is 2.17. The van der Waals surface area contributed by atoms with Crippen molar-refractivity contribution in [2.45, 2.75) is 18.6 Å². The van der Waals surface area contributed by atoms with Gasteiger partial charge in [-0.3, -0.25) is 0 Å². The van der Waals surface area contributed by atoms with Gasteiger partial charge in [0.15, 0.2) is 0 Å². The molecule has 72 valence electrons. The van der Waals surface area contributed by atoms with E-state index in [9.17, 15) is 14.6 Å². The van der Waals surface area contributed by atoms with Crippen molar-refractivity contribution in [1.82, 2.24) is 0 Å². The summed E-state index contributed by atoms with van der Waals surface area (Å²) in [6.07, 6.45) is -1.13. The summed E-state index contributed by atoms with van der Waals surface area (Å²) in [5.74, 6) is 0. The molecule has 0 amide bonds. The summed E-state index contributed by atoms with van der Waals surface area (Å²) >= 11 is 0. The van der Waals surface area contributed by atoms with Crippen LogP contribution in [0.25, 0.3) is 0 Å². The molecule has 2 N–H and O–H groups in total. The van der Waals surface area contributed by atoms with Crippen molar-refractivity contribution in [2.24, 2.45) is 0 Å². The highest BCUT2D eigenvalue weighted by Crippen LogP contribution is 2.25. The Labute approximate surface area is 76.6 Å². The van der Waals surface area contributed by atoms with Crippen molar-refractivity contribution >= 4 is 0 Å². The minimum Gasteiger partial charge on any atom is -0.390 e. The summed E-state index contributed by atoms with van der Waals surface area (Å²) < 4.78 is 12.6. The van der Waals surface area contributed by atoms with E-state index < -0.39 is 18.4 Å². The van der Waals surface area contributed by atoms with E-state index in [0.717, 1.165) is 0 Å². The van der Waals surface area contributed by atoms with Crippen LogP contribution in [0.2, 0.25) is 0 Å². The maximum atomic E-state index is 12.6. The van der Waals surface area contributed by atoms with E-state index in [2.05, 4.69) is 0 Å². The van der Waals surface area contributed by atoms with E-state index in [-0.39, 0.29) is 0 Å². The highest BCUT2D eigenvalue weighted by atomic mass is 19.1. The lowest BCUT2D eigenvalue weighted by molar-refractivity contribution is -0.0857. The first-order valence-electron chi connectivity index (χ1n) is 4.13. The van der Waals surface area contributed by atoms with Crippen molar-refractivity contribution in [1.29, 1.82) is 0 Å². The van der Waals surface area contributed by atoms with Crippen molar-refractivity contribution in [3.8, 4) is 0 Å². The average molecular weight is 184 g/mol. The number of benzene rings is 1. The number of rotatable bonds is 3. The van der Waals surface area contributed by atoms with E-state index in [1.165, 1.54) is 6.92 Å². The second-order valence-corrected chi connectivity index (χ2v) is 3.10. The first-order chi connectivity index (χ1) is 6.11. The fraction of sp³-hybridized carbons (Fsp3) is 0.400. The fourth-order valence-electron chi connectivity index (χ4n) is 1.16. The lowest BCUT2D eigenvalue weighted by atomic mass is 9.90. The Morgan fingerprint density at radius 1 is 1.38 bits per heavy atom.